The fraction of sp³-hybridized carbons (Fsp3) is 0.929. The van der Waals surface area contributed by atoms with Gasteiger partial charge in [0, 0.05) is 24.9 Å². The Hall–Kier alpha value is -0.240. The summed E-state index contributed by atoms with van der Waals surface area (Å²) in [6.07, 6.45) is 10.7. The summed E-state index contributed by atoms with van der Waals surface area (Å²) >= 11 is 5.95. The second kappa shape index (κ2) is 6.63. The van der Waals surface area contributed by atoms with Gasteiger partial charge in [-0.1, -0.05) is 25.7 Å². The highest BCUT2D eigenvalue weighted by Gasteiger charge is 2.26. The lowest BCUT2D eigenvalue weighted by molar-refractivity contribution is -0.134. The summed E-state index contributed by atoms with van der Waals surface area (Å²) in [5.74, 6) is 1.77. The number of rotatable bonds is 4. The average molecular weight is 258 g/mol. The summed E-state index contributed by atoms with van der Waals surface area (Å²) in [5.41, 5.74) is 0. The summed E-state index contributed by atoms with van der Waals surface area (Å²) in [6, 6.07) is 0.307. The summed E-state index contributed by atoms with van der Waals surface area (Å²) < 4.78 is 0. The fourth-order valence-corrected chi connectivity index (χ4v) is 3.58. The molecule has 0 radical (unpaired) electrons. The van der Waals surface area contributed by atoms with E-state index in [1.54, 1.807) is 0 Å². The number of hydrogen-bond acceptors (Lipinski definition) is 1. The maximum absolute atomic E-state index is 12.2. The van der Waals surface area contributed by atoms with Crippen molar-refractivity contribution < 1.29 is 4.79 Å². The third-order valence-corrected chi connectivity index (χ3v) is 4.72. The molecule has 0 spiro atoms. The number of piperidine rings is 1. The zero-order valence-electron chi connectivity index (χ0n) is 10.7. The Balaban J connectivity index is 1.76. The summed E-state index contributed by atoms with van der Waals surface area (Å²) in [4.78, 5) is 14.2. The lowest BCUT2D eigenvalue weighted by atomic mass is 9.99. The minimum atomic E-state index is 0.307. The first-order valence-corrected chi connectivity index (χ1v) is 7.70. The molecule has 0 aromatic rings. The van der Waals surface area contributed by atoms with Crippen LogP contribution in [0.25, 0.3) is 0 Å². The molecule has 0 bridgehead atoms. The van der Waals surface area contributed by atoms with Gasteiger partial charge in [0.05, 0.1) is 0 Å². The van der Waals surface area contributed by atoms with E-state index in [0.29, 0.717) is 17.8 Å². The molecule has 98 valence electrons. The highest BCUT2D eigenvalue weighted by atomic mass is 35.5. The van der Waals surface area contributed by atoms with Crippen LogP contribution in [-0.4, -0.2) is 29.3 Å². The molecule has 2 fully saturated rings. The van der Waals surface area contributed by atoms with Crippen LogP contribution in [-0.2, 0) is 4.79 Å². The van der Waals surface area contributed by atoms with Crippen molar-refractivity contribution in [1.29, 1.82) is 0 Å². The van der Waals surface area contributed by atoms with Gasteiger partial charge in [0.25, 0.3) is 0 Å². The van der Waals surface area contributed by atoms with Crippen LogP contribution in [0.2, 0.25) is 0 Å². The Morgan fingerprint density at radius 1 is 1.12 bits per heavy atom. The van der Waals surface area contributed by atoms with Gasteiger partial charge >= 0.3 is 0 Å². The van der Waals surface area contributed by atoms with Gasteiger partial charge in [-0.05, 0) is 31.6 Å². The van der Waals surface area contributed by atoms with Crippen molar-refractivity contribution in [2.24, 2.45) is 5.92 Å². The average Bonchev–Trinajstić information content (AvgIpc) is 2.89. The van der Waals surface area contributed by atoms with Gasteiger partial charge < -0.3 is 4.90 Å². The van der Waals surface area contributed by atoms with E-state index in [0.717, 1.165) is 38.1 Å². The molecule has 1 saturated carbocycles. The molecule has 1 aliphatic carbocycles. The van der Waals surface area contributed by atoms with Crippen molar-refractivity contribution in [2.45, 2.75) is 63.8 Å². The molecule has 1 unspecified atom stereocenters. The van der Waals surface area contributed by atoms with Crippen LogP contribution in [0.5, 0.6) is 0 Å². The van der Waals surface area contributed by atoms with Gasteiger partial charge in [-0.25, -0.2) is 0 Å². The quantitative estimate of drug-likeness (QED) is 0.705. The molecule has 2 aliphatic rings. The monoisotopic (exact) mass is 257 g/mol. The number of carbonyl (C=O) groups is 1. The molecule has 1 saturated heterocycles. The van der Waals surface area contributed by atoms with E-state index in [1.165, 1.54) is 32.1 Å². The molecule has 17 heavy (non-hydrogen) atoms. The van der Waals surface area contributed by atoms with Gasteiger partial charge in [0.1, 0.15) is 0 Å². The third kappa shape index (κ3) is 3.61. The minimum absolute atomic E-state index is 0.307. The zero-order valence-corrected chi connectivity index (χ0v) is 11.4. The maximum Gasteiger partial charge on any atom is 0.222 e. The molecule has 2 nitrogen and oxygen atoms in total. The Morgan fingerprint density at radius 2 is 1.82 bits per heavy atom. The van der Waals surface area contributed by atoms with E-state index >= 15 is 0 Å². The van der Waals surface area contributed by atoms with Gasteiger partial charge in [-0.15, -0.1) is 11.6 Å². The van der Waals surface area contributed by atoms with E-state index in [-0.39, 0.29) is 0 Å². The maximum atomic E-state index is 12.2. The normalized spacial score (nSPS) is 26.4. The number of hydrogen-bond donors (Lipinski definition) is 0. The van der Waals surface area contributed by atoms with Crippen molar-refractivity contribution in [3.8, 4) is 0 Å². The zero-order chi connectivity index (χ0) is 12.1. The van der Waals surface area contributed by atoms with E-state index < -0.39 is 0 Å². The van der Waals surface area contributed by atoms with Gasteiger partial charge in [0.15, 0.2) is 0 Å². The minimum Gasteiger partial charge on any atom is -0.339 e. The topological polar surface area (TPSA) is 20.3 Å². The molecule has 0 N–H and O–H groups in total. The number of amides is 1. The SMILES string of the molecule is O=C(CCC1CCCC1)N1CCCCC1CCl. The van der Waals surface area contributed by atoms with Crippen molar-refractivity contribution in [1.82, 2.24) is 4.90 Å². The third-order valence-electron chi connectivity index (χ3n) is 4.37. The molecule has 2 rings (SSSR count). The first-order chi connectivity index (χ1) is 8.31. The number of nitrogens with zero attached hydrogens (tertiary/aromatic N) is 1. The van der Waals surface area contributed by atoms with Crippen LogP contribution in [0.3, 0.4) is 0 Å². The van der Waals surface area contributed by atoms with Crippen LogP contribution >= 0.6 is 11.6 Å². The Morgan fingerprint density at radius 3 is 2.53 bits per heavy atom. The first kappa shape index (κ1) is 13.2. The summed E-state index contributed by atoms with van der Waals surface area (Å²) in [7, 11) is 0. The largest absolute Gasteiger partial charge is 0.339 e. The molecule has 1 aliphatic heterocycles. The van der Waals surface area contributed by atoms with E-state index in [4.69, 9.17) is 11.6 Å². The molecule has 1 atom stereocenters. The predicted molar refractivity (Wildman–Crippen MR) is 71.3 cm³/mol. The van der Waals surface area contributed by atoms with Crippen molar-refractivity contribution in [3.05, 3.63) is 0 Å². The van der Waals surface area contributed by atoms with Crippen molar-refractivity contribution in [2.75, 3.05) is 12.4 Å². The highest BCUT2D eigenvalue weighted by molar-refractivity contribution is 6.18. The van der Waals surface area contributed by atoms with E-state index in [2.05, 4.69) is 0 Å². The molecule has 3 heteroatoms. The first-order valence-electron chi connectivity index (χ1n) is 7.16. The Kier molecular flexibility index (Phi) is 5.15. The standard InChI is InChI=1S/C14H24ClNO/c15-11-13-7-3-4-10-16(13)14(17)9-8-12-5-1-2-6-12/h12-13H,1-11H2. The lowest BCUT2D eigenvalue weighted by Crippen LogP contribution is -2.44. The number of halogens is 1. The molecular weight excluding hydrogens is 234 g/mol. The molecule has 1 amide bonds. The Labute approximate surface area is 110 Å². The van der Waals surface area contributed by atoms with Gasteiger partial charge in [-0.2, -0.15) is 0 Å². The predicted octanol–water partition coefficient (Wildman–Crippen LogP) is 3.58. The smallest absolute Gasteiger partial charge is 0.222 e. The van der Waals surface area contributed by atoms with Crippen LogP contribution in [0.4, 0.5) is 0 Å². The van der Waals surface area contributed by atoms with E-state index in [1.807, 2.05) is 4.90 Å². The fourth-order valence-electron chi connectivity index (χ4n) is 3.26. The summed E-state index contributed by atoms with van der Waals surface area (Å²) in [6.45, 7) is 0.931. The van der Waals surface area contributed by atoms with Gasteiger partial charge in [-0.3, -0.25) is 4.79 Å². The number of likely N-dealkylation sites (tertiary alicyclic amines) is 1. The lowest BCUT2D eigenvalue weighted by Gasteiger charge is -2.35. The highest BCUT2D eigenvalue weighted by Crippen LogP contribution is 2.29. The molecule has 0 aromatic heterocycles. The van der Waals surface area contributed by atoms with Crippen LogP contribution in [0.15, 0.2) is 0 Å². The summed E-state index contributed by atoms with van der Waals surface area (Å²) in [5, 5.41) is 0. The van der Waals surface area contributed by atoms with E-state index in [9.17, 15) is 4.79 Å². The van der Waals surface area contributed by atoms with Gasteiger partial charge in [0.2, 0.25) is 5.91 Å². The second-order valence-corrected chi connectivity index (χ2v) is 5.89. The molecule has 1 heterocycles. The number of carbonyl (C=O) groups excluding carboxylic acids is 1. The molecule has 0 aromatic carbocycles. The Bertz CT molecular complexity index is 251. The van der Waals surface area contributed by atoms with Crippen molar-refractivity contribution in [3.63, 3.8) is 0 Å². The molecular formula is C14H24ClNO. The van der Waals surface area contributed by atoms with Crippen LogP contribution in [0.1, 0.15) is 57.8 Å². The van der Waals surface area contributed by atoms with Crippen LogP contribution in [0, 0.1) is 5.92 Å². The van der Waals surface area contributed by atoms with Crippen LogP contribution < -0.4 is 0 Å². The van der Waals surface area contributed by atoms with Crippen molar-refractivity contribution >= 4 is 17.5 Å². The second-order valence-electron chi connectivity index (χ2n) is 5.58. The number of alkyl halides is 1.